The quantitative estimate of drug-likeness (QED) is 0.878. The summed E-state index contributed by atoms with van der Waals surface area (Å²) in [5.74, 6) is -0.0340. The Morgan fingerprint density at radius 2 is 1.76 bits per heavy atom. The summed E-state index contributed by atoms with van der Waals surface area (Å²) in [5, 5.41) is 2.52. The molecule has 1 amide bonds. The predicted octanol–water partition coefficient (Wildman–Crippen LogP) is 4.18. The number of carbonyl (C=O) groups excluding carboxylic acids is 1. The minimum Gasteiger partial charge on any atom is -0.481 e. The lowest BCUT2D eigenvalue weighted by Crippen LogP contribution is -2.31. The van der Waals surface area contributed by atoms with Gasteiger partial charge in [0.05, 0.1) is 16.9 Å². The molecule has 2 aromatic rings. The highest BCUT2D eigenvalue weighted by Gasteiger charge is 2.31. The third-order valence-corrected chi connectivity index (χ3v) is 3.49. The number of para-hydroxylation sites is 1. The van der Waals surface area contributed by atoms with Gasteiger partial charge in [-0.1, -0.05) is 18.2 Å². The van der Waals surface area contributed by atoms with Crippen LogP contribution in [0.4, 0.5) is 24.5 Å². The normalized spacial score (nSPS) is 12.4. The van der Waals surface area contributed by atoms with Crippen molar-refractivity contribution in [2.75, 3.05) is 24.3 Å². The number of halogens is 3. The standard InChI is InChI=1S/C18H19F3N2O2/c1-12(25-14-7-5-4-6-8-14)17(24)22-15-11-13(18(19,20)21)9-10-16(15)23(2)3/h4-12H,1-3H3,(H,22,24). The van der Waals surface area contributed by atoms with Gasteiger partial charge in [-0.3, -0.25) is 4.79 Å². The minimum atomic E-state index is -4.49. The molecule has 2 rings (SSSR count). The maximum absolute atomic E-state index is 12.9. The van der Waals surface area contributed by atoms with Gasteiger partial charge in [-0.25, -0.2) is 0 Å². The molecule has 1 N–H and O–H groups in total. The molecule has 2 aromatic carbocycles. The van der Waals surface area contributed by atoms with Crippen LogP contribution in [0.25, 0.3) is 0 Å². The molecule has 0 aromatic heterocycles. The average Bonchev–Trinajstić information content (AvgIpc) is 2.54. The van der Waals surface area contributed by atoms with E-state index in [-0.39, 0.29) is 5.69 Å². The van der Waals surface area contributed by atoms with Gasteiger partial charge < -0.3 is 15.0 Å². The van der Waals surface area contributed by atoms with Crippen LogP contribution in [0.1, 0.15) is 12.5 Å². The van der Waals surface area contributed by atoms with Gasteiger partial charge in [-0.05, 0) is 37.3 Å². The predicted molar refractivity (Wildman–Crippen MR) is 90.9 cm³/mol. The van der Waals surface area contributed by atoms with Gasteiger partial charge in [0, 0.05) is 14.1 Å². The SMILES string of the molecule is CC(Oc1ccccc1)C(=O)Nc1cc(C(F)(F)F)ccc1N(C)C. The van der Waals surface area contributed by atoms with E-state index >= 15 is 0 Å². The van der Waals surface area contributed by atoms with Crippen molar-refractivity contribution < 1.29 is 22.7 Å². The Labute approximate surface area is 144 Å². The Balaban J connectivity index is 2.20. The van der Waals surface area contributed by atoms with E-state index in [1.807, 2.05) is 6.07 Å². The van der Waals surface area contributed by atoms with E-state index in [1.54, 1.807) is 43.3 Å². The first-order valence-corrected chi connectivity index (χ1v) is 7.59. The fourth-order valence-electron chi connectivity index (χ4n) is 2.19. The fourth-order valence-corrected chi connectivity index (χ4v) is 2.19. The van der Waals surface area contributed by atoms with Crippen LogP contribution in [0.5, 0.6) is 5.75 Å². The van der Waals surface area contributed by atoms with E-state index in [9.17, 15) is 18.0 Å². The van der Waals surface area contributed by atoms with Crippen LogP contribution in [0, 0.1) is 0 Å². The largest absolute Gasteiger partial charge is 0.481 e. The molecule has 0 aliphatic rings. The van der Waals surface area contributed by atoms with Crippen LogP contribution in [0.15, 0.2) is 48.5 Å². The van der Waals surface area contributed by atoms with Crippen molar-refractivity contribution in [2.45, 2.75) is 19.2 Å². The summed E-state index contributed by atoms with van der Waals surface area (Å²) in [6.45, 7) is 1.53. The molecule has 4 nitrogen and oxygen atoms in total. The van der Waals surface area contributed by atoms with Gasteiger partial charge in [-0.15, -0.1) is 0 Å². The van der Waals surface area contributed by atoms with E-state index in [4.69, 9.17) is 4.74 Å². The Morgan fingerprint density at radius 3 is 2.32 bits per heavy atom. The number of hydrogen-bond acceptors (Lipinski definition) is 3. The molecule has 0 bridgehead atoms. The molecule has 0 aliphatic carbocycles. The molecule has 1 atom stereocenters. The molecule has 134 valence electrons. The zero-order valence-electron chi connectivity index (χ0n) is 14.1. The first-order chi connectivity index (χ1) is 11.7. The van der Waals surface area contributed by atoms with Crippen LogP contribution in [-0.2, 0) is 11.0 Å². The molecule has 0 heterocycles. The Bertz CT molecular complexity index is 731. The first kappa shape index (κ1) is 18.6. The van der Waals surface area contributed by atoms with Crippen molar-refractivity contribution in [2.24, 2.45) is 0 Å². The molecule has 1 unspecified atom stereocenters. The van der Waals surface area contributed by atoms with Gasteiger partial charge in [0.1, 0.15) is 5.75 Å². The number of nitrogens with zero attached hydrogens (tertiary/aromatic N) is 1. The highest BCUT2D eigenvalue weighted by molar-refractivity contribution is 5.97. The molecule has 25 heavy (non-hydrogen) atoms. The molecular formula is C18H19F3N2O2. The van der Waals surface area contributed by atoms with Crippen molar-refractivity contribution in [3.05, 3.63) is 54.1 Å². The molecule has 0 spiro atoms. The second-order valence-corrected chi connectivity index (χ2v) is 5.69. The first-order valence-electron chi connectivity index (χ1n) is 7.59. The number of carbonyl (C=O) groups is 1. The van der Waals surface area contributed by atoms with Crippen molar-refractivity contribution >= 4 is 17.3 Å². The minimum absolute atomic E-state index is 0.0772. The number of nitrogens with one attached hydrogen (secondary N) is 1. The molecule has 0 aliphatic heterocycles. The van der Waals surface area contributed by atoms with Crippen molar-refractivity contribution in [1.82, 2.24) is 0 Å². The number of alkyl halides is 3. The highest BCUT2D eigenvalue weighted by Crippen LogP contribution is 2.35. The summed E-state index contributed by atoms with van der Waals surface area (Å²) in [6, 6.07) is 11.9. The summed E-state index contributed by atoms with van der Waals surface area (Å²) in [7, 11) is 3.37. The number of amides is 1. The van der Waals surface area contributed by atoms with Gasteiger partial charge in [-0.2, -0.15) is 13.2 Å². The number of rotatable bonds is 5. The number of benzene rings is 2. The highest BCUT2D eigenvalue weighted by atomic mass is 19.4. The van der Waals surface area contributed by atoms with E-state index < -0.39 is 23.8 Å². The summed E-state index contributed by atoms with van der Waals surface area (Å²) < 4.78 is 44.3. The third kappa shape index (κ3) is 4.89. The molecule has 0 saturated heterocycles. The van der Waals surface area contributed by atoms with Crippen molar-refractivity contribution in [3.8, 4) is 5.75 Å². The lowest BCUT2D eigenvalue weighted by atomic mass is 10.1. The zero-order valence-corrected chi connectivity index (χ0v) is 14.1. The number of anilines is 2. The van der Waals surface area contributed by atoms with Gasteiger partial charge in [0.2, 0.25) is 0 Å². The summed E-state index contributed by atoms with van der Waals surface area (Å²) >= 11 is 0. The van der Waals surface area contributed by atoms with Gasteiger partial charge in [0.15, 0.2) is 6.10 Å². The van der Waals surface area contributed by atoms with Crippen LogP contribution in [-0.4, -0.2) is 26.1 Å². The average molecular weight is 352 g/mol. The maximum atomic E-state index is 12.9. The summed E-state index contributed by atoms with van der Waals surface area (Å²) in [4.78, 5) is 13.9. The number of ether oxygens (including phenoxy) is 1. The van der Waals surface area contributed by atoms with Crippen LogP contribution in [0.3, 0.4) is 0 Å². The molecular weight excluding hydrogens is 333 g/mol. The van der Waals surface area contributed by atoms with Crippen LogP contribution >= 0.6 is 0 Å². The third-order valence-electron chi connectivity index (χ3n) is 3.49. The lowest BCUT2D eigenvalue weighted by molar-refractivity contribution is -0.137. The summed E-state index contributed by atoms with van der Waals surface area (Å²) in [5.41, 5.74) is -0.286. The summed E-state index contributed by atoms with van der Waals surface area (Å²) in [6.07, 6.45) is -5.36. The molecule has 0 saturated carbocycles. The van der Waals surface area contributed by atoms with Crippen molar-refractivity contribution in [3.63, 3.8) is 0 Å². The molecule has 0 radical (unpaired) electrons. The second-order valence-electron chi connectivity index (χ2n) is 5.69. The zero-order chi connectivity index (χ0) is 18.6. The van der Waals surface area contributed by atoms with Gasteiger partial charge in [0.25, 0.3) is 5.91 Å². The van der Waals surface area contributed by atoms with E-state index in [2.05, 4.69) is 5.32 Å². The smallest absolute Gasteiger partial charge is 0.416 e. The monoisotopic (exact) mass is 352 g/mol. The van der Waals surface area contributed by atoms with Gasteiger partial charge >= 0.3 is 6.18 Å². The Morgan fingerprint density at radius 1 is 1.12 bits per heavy atom. The number of hydrogen-bond donors (Lipinski definition) is 1. The second kappa shape index (κ2) is 7.46. The lowest BCUT2D eigenvalue weighted by Gasteiger charge is -2.21. The topological polar surface area (TPSA) is 41.6 Å². The Hall–Kier alpha value is -2.70. The fraction of sp³-hybridized carbons (Fsp3) is 0.278. The van der Waals surface area contributed by atoms with E-state index in [0.29, 0.717) is 11.4 Å². The van der Waals surface area contributed by atoms with E-state index in [1.165, 1.54) is 13.0 Å². The van der Waals surface area contributed by atoms with Crippen molar-refractivity contribution in [1.29, 1.82) is 0 Å². The Kier molecular flexibility index (Phi) is 5.56. The maximum Gasteiger partial charge on any atom is 0.416 e. The van der Waals surface area contributed by atoms with Crippen LogP contribution < -0.4 is 15.0 Å². The van der Waals surface area contributed by atoms with E-state index in [0.717, 1.165) is 12.1 Å². The molecule has 0 fully saturated rings. The van der Waals surface area contributed by atoms with Crippen LogP contribution in [0.2, 0.25) is 0 Å². The molecule has 7 heteroatoms.